The van der Waals surface area contributed by atoms with Crippen LogP contribution in [-0.2, 0) is 18.3 Å². The number of aryl methyl sites for hydroxylation is 1. The first-order valence-electron chi connectivity index (χ1n) is 9.81. The van der Waals surface area contributed by atoms with Gasteiger partial charge in [-0.1, -0.05) is 12.1 Å². The Balaban J connectivity index is 1.51. The van der Waals surface area contributed by atoms with Crippen LogP contribution in [0.4, 0.5) is 0 Å². The third-order valence-corrected chi connectivity index (χ3v) is 5.78. The van der Waals surface area contributed by atoms with Crippen LogP contribution in [0, 0.1) is 0 Å². The lowest BCUT2D eigenvalue weighted by Crippen LogP contribution is -2.45. The summed E-state index contributed by atoms with van der Waals surface area (Å²) in [6.07, 6.45) is 8.15. The molecule has 1 fully saturated rings. The standard InChI is InChI=1S/C22H27N5O/c1-25-8-6-21(7-9-25)27(3)22(28)12-20-11-18-10-16(4-5-17(18)13-23-20)19-14-24-26(2)15-19/h4-5,10-11,13-15,21H,6-9,12H2,1-3H3. The molecule has 0 unspecified atom stereocenters. The maximum atomic E-state index is 12.8. The first-order chi connectivity index (χ1) is 13.5. The predicted molar refractivity (Wildman–Crippen MR) is 111 cm³/mol. The maximum Gasteiger partial charge on any atom is 0.228 e. The van der Waals surface area contributed by atoms with E-state index in [2.05, 4.69) is 40.2 Å². The Hall–Kier alpha value is -2.73. The summed E-state index contributed by atoms with van der Waals surface area (Å²) in [6.45, 7) is 2.10. The monoisotopic (exact) mass is 377 g/mol. The van der Waals surface area contributed by atoms with E-state index in [0.717, 1.165) is 53.5 Å². The van der Waals surface area contributed by atoms with E-state index in [9.17, 15) is 4.79 Å². The van der Waals surface area contributed by atoms with Gasteiger partial charge in [-0.3, -0.25) is 14.5 Å². The Morgan fingerprint density at radius 2 is 1.89 bits per heavy atom. The normalized spacial score (nSPS) is 15.8. The van der Waals surface area contributed by atoms with Crippen LogP contribution in [0.3, 0.4) is 0 Å². The minimum atomic E-state index is 0.143. The van der Waals surface area contributed by atoms with Crippen molar-refractivity contribution in [3.8, 4) is 11.1 Å². The second kappa shape index (κ2) is 7.72. The highest BCUT2D eigenvalue weighted by Gasteiger charge is 2.24. The summed E-state index contributed by atoms with van der Waals surface area (Å²) in [6, 6.07) is 8.67. The largest absolute Gasteiger partial charge is 0.342 e. The van der Waals surface area contributed by atoms with Crippen LogP contribution in [-0.4, -0.2) is 63.7 Å². The molecule has 0 atom stereocenters. The molecule has 4 rings (SSSR count). The SMILES string of the molecule is CN1CCC(N(C)C(=O)Cc2cc3cc(-c4cnn(C)c4)ccc3cn2)CC1. The number of benzene rings is 1. The average molecular weight is 377 g/mol. The first kappa shape index (κ1) is 18.6. The number of pyridine rings is 1. The van der Waals surface area contributed by atoms with Crippen molar-refractivity contribution < 1.29 is 4.79 Å². The van der Waals surface area contributed by atoms with Crippen LogP contribution in [0.25, 0.3) is 21.9 Å². The van der Waals surface area contributed by atoms with Gasteiger partial charge in [0.15, 0.2) is 0 Å². The quantitative estimate of drug-likeness (QED) is 0.702. The number of hydrogen-bond donors (Lipinski definition) is 0. The Morgan fingerprint density at radius 1 is 1.11 bits per heavy atom. The molecule has 0 radical (unpaired) electrons. The summed E-state index contributed by atoms with van der Waals surface area (Å²) in [5, 5.41) is 6.42. The topological polar surface area (TPSA) is 54.3 Å². The molecular weight excluding hydrogens is 350 g/mol. The van der Waals surface area contributed by atoms with Crippen molar-refractivity contribution >= 4 is 16.7 Å². The number of hydrogen-bond acceptors (Lipinski definition) is 4. The minimum absolute atomic E-state index is 0.143. The van der Waals surface area contributed by atoms with E-state index < -0.39 is 0 Å². The van der Waals surface area contributed by atoms with Crippen molar-refractivity contribution in [1.29, 1.82) is 0 Å². The Morgan fingerprint density at radius 3 is 2.61 bits per heavy atom. The molecule has 0 N–H and O–H groups in total. The van der Waals surface area contributed by atoms with E-state index in [0.29, 0.717) is 12.5 Å². The number of piperidine rings is 1. The zero-order chi connectivity index (χ0) is 19.7. The number of amides is 1. The smallest absolute Gasteiger partial charge is 0.228 e. The highest BCUT2D eigenvalue weighted by atomic mass is 16.2. The van der Waals surface area contributed by atoms with E-state index in [4.69, 9.17) is 0 Å². The molecule has 6 nitrogen and oxygen atoms in total. The summed E-state index contributed by atoms with van der Waals surface area (Å²) >= 11 is 0. The fraction of sp³-hybridized carbons (Fsp3) is 0.409. The van der Waals surface area contributed by atoms with E-state index in [-0.39, 0.29) is 5.91 Å². The summed E-state index contributed by atoms with van der Waals surface area (Å²) in [4.78, 5) is 21.5. The van der Waals surface area contributed by atoms with Crippen molar-refractivity contribution in [3.63, 3.8) is 0 Å². The average Bonchev–Trinajstić information content (AvgIpc) is 3.14. The molecule has 0 spiro atoms. The van der Waals surface area contributed by atoms with Crippen LogP contribution in [0.1, 0.15) is 18.5 Å². The lowest BCUT2D eigenvalue weighted by Gasteiger charge is -2.35. The van der Waals surface area contributed by atoms with Crippen LogP contribution >= 0.6 is 0 Å². The molecule has 146 valence electrons. The van der Waals surface area contributed by atoms with Gasteiger partial charge in [0.25, 0.3) is 0 Å². The summed E-state index contributed by atoms with van der Waals surface area (Å²) in [5.41, 5.74) is 3.02. The van der Waals surface area contributed by atoms with Gasteiger partial charge in [-0.2, -0.15) is 5.10 Å². The van der Waals surface area contributed by atoms with Gasteiger partial charge in [-0.15, -0.1) is 0 Å². The van der Waals surface area contributed by atoms with Crippen LogP contribution in [0.15, 0.2) is 42.9 Å². The molecule has 6 heteroatoms. The van der Waals surface area contributed by atoms with Crippen molar-refractivity contribution in [3.05, 3.63) is 48.5 Å². The van der Waals surface area contributed by atoms with Crippen LogP contribution < -0.4 is 0 Å². The van der Waals surface area contributed by atoms with Gasteiger partial charge in [-0.05, 0) is 56.1 Å². The van der Waals surface area contributed by atoms with Crippen molar-refractivity contribution in [1.82, 2.24) is 24.6 Å². The number of carbonyl (C=O) groups excluding carboxylic acids is 1. The van der Waals surface area contributed by atoms with Gasteiger partial charge in [0.2, 0.25) is 5.91 Å². The fourth-order valence-electron chi connectivity index (χ4n) is 3.90. The molecular formula is C22H27N5O. The molecule has 1 aromatic carbocycles. The molecule has 1 aliphatic rings. The molecule has 1 amide bonds. The number of nitrogens with zero attached hydrogens (tertiary/aromatic N) is 5. The highest BCUT2D eigenvalue weighted by Crippen LogP contribution is 2.24. The molecule has 1 saturated heterocycles. The molecule has 0 aliphatic carbocycles. The fourth-order valence-corrected chi connectivity index (χ4v) is 3.90. The lowest BCUT2D eigenvalue weighted by atomic mass is 10.0. The third-order valence-electron chi connectivity index (χ3n) is 5.78. The van der Waals surface area contributed by atoms with Crippen LogP contribution in [0.5, 0.6) is 0 Å². The zero-order valence-corrected chi connectivity index (χ0v) is 16.8. The van der Waals surface area contributed by atoms with E-state index in [1.54, 1.807) is 4.68 Å². The summed E-state index contributed by atoms with van der Waals surface area (Å²) in [7, 11) is 5.98. The Labute approximate surface area is 165 Å². The molecule has 3 heterocycles. The number of aromatic nitrogens is 3. The molecule has 3 aromatic rings. The Kier molecular flexibility index (Phi) is 5.13. The minimum Gasteiger partial charge on any atom is -0.342 e. The molecule has 0 bridgehead atoms. The van der Waals surface area contributed by atoms with E-state index >= 15 is 0 Å². The van der Waals surface area contributed by atoms with Crippen molar-refractivity contribution in [2.45, 2.75) is 25.3 Å². The zero-order valence-electron chi connectivity index (χ0n) is 16.8. The second-order valence-electron chi connectivity index (χ2n) is 7.86. The van der Waals surface area contributed by atoms with Crippen molar-refractivity contribution in [2.75, 3.05) is 27.2 Å². The molecule has 1 aliphatic heterocycles. The Bertz CT molecular complexity index is 988. The summed E-state index contributed by atoms with van der Waals surface area (Å²) in [5.74, 6) is 0.143. The van der Waals surface area contributed by atoms with Gasteiger partial charge in [0.1, 0.15) is 0 Å². The van der Waals surface area contributed by atoms with Gasteiger partial charge in [-0.25, -0.2) is 0 Å². The van der Waals surface area contributed by atoms with Crippen LogP contribution in [0.2, 0.25) is 0 Å². The number of rotatable bonds is 4. The van der Waals surface area contributed by atoms with E-state index in [1.165, 1.54) is 0 Å². The van der Waals surface area contributed by atoms with Crippen molar-refractivity contribution in [2.24, 2.45) is 7.05 Å². The number of fused-ring (bicyclic) bond motifs is 1. The highest BCUT2D eigenvalue weighted by molar-refractivity contribution is 5.88. The number of carbonyl (C=O) groups is 1. The molecule has 0 saturated carbocycles. The van der Waals surface area contributed by atoms with Gasteiger partial charge >= 0.3 is 0 Å². The predicted octanol–water partition coefficient (Wildman–Crippen LogP) is 2.73. The maximum absolute atomic E-state index is 12.8. The third kappa shape index (κ3) is 3.92. The second-order valence-corrected chi connectivity index (χ2v) is 7.86. The molecule has 28 heavy (non-hydrogen) atoms. The van der Waals surface area contributed by atoms with Gasteiger partial charge in [0, 0.05) is 43.5 Å². The van der Waals surface area contributed by atoms with Gasteiger partial charge in [0.05, 0.1) is 18.3 Å². The van der Waals surface area contributed by atoms with E-state index in [1.807, 2.05) is 43.7 Å². The van der Waals surface area contributed by atoms with Gasteiger partial charge < -0.3 is 9.80 Å². The number of likely N-dealkylation sites (N-methyl/N-ethyl adjacent to an activating group) is 1. The molecule has 2 aromatic heterocycles. The first-order valence-corrected chi connectivity index (χ1v) is 9.81. The number of likely N-dealkylation sites (tertiary alicyclic amines) is 1. The lowest BCUT2D eigenvalue weighted by molar-refractivity contribution is -0.132. The summed E-state index contributed by atoms with van der Waals surface area (Å²) < 4.78 is 1.80.